The Morgan fingerprint density at radius 1 is 0.255 bits per heavy atom. The van der Waals surface area contributed by atoms with Gasteiger partial charge in [-0.25, -0.2) is 9.13 Å². The number of nitrogens with one attached hydrogen (secondary N) is 2. The molecule has 14 nitrogen and oxygen atoms in total. The minimum Gasteiger partial charge on any atom is -0.379 e. The lowest BCUT2D eigenvalue weighted by Crippen LogP contribution is -2.41. The van der Waals surface area contributed by atoms with Gasteiger partial charge < -0.3 is 29.9 Å². The summed E-state index contributed by atoms with van der Waals surface area (Å²) in [6, 6.07) is -1.16. The van der Waals surface area contributed by atoms with Crippen LogP contribution in [0.15, 0.2) is 0 Å². The van der Waals surface area contributed by atoms with Gasteiger partial charge >= 0.3 is 15.6 Å². The molecule has 4 N–H and O–H groups in total. The topological polar surface area (TPSA) is 188 Å². The van der Waals surface area contributed by atoms with Gasteiger partial charge in [0.25, 0.3) is 0 Å². The van der Waals surface area contributed by atoms with Gasteiger partial charge in [-0.3, -0.25) is 27.7 Å². The van der Waals surface area contributed by atoms with Gasteiger partial charge in [0, 0.05) is 26.1 Å². The van der Waals surface area contributed by atoms with Gasteiger partial charge in [-0.1, -0.05) is 414 Å². The zero-order valence-electron chi connectivity index (χ0n) is 68.5. The summed E-state index contributed by atoms with van der Waals surface area (Å²) in [6.07, 6.45) is 78.0. The molecule has 0 aliphatic heterocycles. The van der Waals surface area contributed by atoms with Gasteiger partial charge in [-0.15, -0.1) is 0 Å². The number of rotatable bonds is 87. The van der Waals surface area contributed by atoms with Crippen LogP contribution >= 0.6 is 15.6 Å². The molecular weight excluding hydrogens is 1310 g/mol. The highest BCUT2D eigenvalue weighted by molar-refractivity contribution is 7.47. The van der Waals surface area contributed by atoms with Crippen LogP contribution in [0.5, 0.6) is 0 Å². The quantitative estimate of drug-likeness (QED) is 0.0334. The molecule has 0 aliphatic carbocycles. The first-order valence-electron chi connectivity index (χ1n) is 44.8. The van der Waals surface area contributed by atoms with Gasteiger partial charge in [0.05, 0.1) is 51.7 Å². The molecule has 0 aromatic carbocycles. The Morgan fingerprint density at radius 3 is 0.696 bits per heavy atom. The second-order valence-corrected chi connectivity index (χ2v) is 34.1. The molecule has 0 bridgehead atoms. The third kappa shape index (κ3) is 75.9. The predicted molar refractivity (Wildman–Crippen MR) is 435 cm³/mol. The normalized spacial score (nSPS) is 14.2. The fourth-order valence-corrected chi connectivity index (χ4v) is 15.8. The van der Waals surface area contributed by atoms with E-state index in [1.165, 1.54) is 321 Å². The summed E-state index contributed by atoms with van der Waals surface area (Å²) < 4.78 is 61.0. The minimum absolute atomic E-state index is 0.0538. The third-order valence-corrected chi connectivity index (χ3v) is 23.0. The van der Waals surface area contributed by atoms with E-state index in [1.807, 2.05) is 0 Å². The van der Waals surface area contributed by atoms with Crippen molar-refractivity contribution in [2.45, 2.75) is 477 Å². The predicted octanol–water partition coefficient (Wildman–Crippen LogP) is 27.4. The summed E-state index contributed by atoms with van der Waals surface area (Å²) in [4.78, 5) is 48.2. The Balaban J connectivity index is 5.30. The molecule has 610 valence electrons. The Bertz CT molecular complexity index is 1690. The first-order valence-corrected chi connectivity index (χ1v) is 47.8. The number of ether oxygens (including phenoxy) is 2. The molecule has 0 fully saturated rings. The average Bonchev–Trinajstić information content (AvgIpc) is 1.01. The van der Waals surface area contributed by atoms with Gasteiger partial charge in [-0.05, 0) is 50.4 Å². The Hall–Kier alpha value is -0.920. The Morgan fingerprint density at radius 2 is 0.461 bits per heavy atom. The number of phosphoric ester groups is 2. The van der Waals surface area contributed by atoms with E-state index in [1.54, 1.807) is 0 Å². The number of hydrogen-bond donors (Lipinski definition) is 4. The third-order valence-electron chi connectivity index (χ3n) is 21.0. The highest BCUT2D eigenvalue weighted by atomic mass is 31.2. The van der Waals surface area contributed by atoms with E-state index in [2.05, 4.69) is 52.2 Å². The van der Waals surface area contributed by atoms with Crippen molar-refractivity contribution in [1.82, 2.24) is 10.6 Å². The van der Waals surface area contributed by atoms with E-state index in [-0.39, 0.29) is 51.5 Å². The van der Waals surface area contributed by atoms with Crippen LogP contribution in [0.4, 0.5) is 0 Å². The molecule has 16 heteroatoms. The number of phosphoric acid groups is 2. The smallest absolute Gasteiger partial charge is 0.379 e. The zero-order valence-corrected chi connectivity index (χ0v) is 70.3. The summed E-state index contributed by atoms with van der Waals surface area (Å²) in [5.41, 5.74) is 0. The summed E-state index contributed by atoms with van der Waals surface area (Å²) in [5.74, 6) is 1.04. The molecule has 0 radical (unpaired) electrons. The molecule has 0 saturated heterocycles. The lowest BCUT2D eigenvalue weighted by atomic mass is 9.91. The molecule has 0 aromatic heterocycles. The van der Waals surface area contributed by atoms with Crippen molar-refractivity contribution in [3.05, 3.63) is 0 Å². The number of amides is 2. The molecule has 0 aromatic rings. The molecule has 0 rings (SSSR count). The van der Waals surface area contributed by atoms with E-state index < -0.39 is 27.7 Å². The number of carbonyl (C=O) groups excluding carboxylic acids is 2. The minimum atomic E-state index is -4.40. The van der Waals surface area contributed by atoms with E-state index in [0.717, 1.165) is 77.0 Å². The SMILES string of the molecule is CCCCCCCCCCCCCC(=O)NC(COCC[C@@H](CCCCCCC)CCCCCCCCCCCC)COP(=O)(O)OCCCCCCCCOP(=O)(O)OCC(COCC[C@@H](CCCCCCC)CCCCCCCCCCCC)NC(=O)CCCCCCCCCCCCC. The highest BCUT2D eigenvalue weighted by Gasteiger charge is 2.26. The molecule has 2 amide bonds. The van der Waals surface area contributed by atoms with Gasteiger partial charge in [0.1, 0.15) is 0 Å². The van der Waals surface area contributed by atoms with Crippen LogP contribution in [0.3, 0.4) is 0 Å². The van der Waals surface area contributed by atoms with Gasteiger partial charge in [0.2, 0.25) is 11.8 Å². The molecular formula is C86H174N2O12P2. The largest absolute Gasteiger partial charge is 0.472 e. The van der Waals surface area contributed by atoms with Crippen LogP contribution in [-0.2, 0) is 46.3 Å². The number of carbonyl (C=O) groups is 2. The van der Waals surface area contributed by atoms with Crippen molar-refractivity contribution < 1.29 is 56.1 Å². The van der Waals surface area contributed by atoms with Crippen LogP contribution in [0.1, 0.15) is 465 Å². The molecule has 6 atom stereocenters. The fraction of sp³-hybridized carbons (Fsp3) is 0.977. The highest BCUT2D eigenvalue weighted by Crippen LogP contribution is 2.44. The van der Waals surface area contributed by atoms with Crippen molar-refractivity contribution in [2.75, 3.05) is 52.9 Å². The van der Waals surface area contributed by atoms with E-state index >= 15 is 0 Å². The molecule has 0 saturated carbocycles. The molecule has 0 heterocycles. The first kappa shape index (κ1) is 101. The van der Waals surface area contributed by atoms with E-state index in [9.17, 15) is 28.5 Å². The number of hydrogen-bond acceptors (Lipinski definition) is 10. The fourth-order valence-electron chi connectivity index (χ4n) is 14.2. The zero-order chi connectivity index (χ0) is 74.4. The standard InChI is InChI=1S/C86H174N2O12P2/c1-7-13-19-25-29-33-37-41-45-53-61-69-85(89)87-83(77-95-75-71-81(65-57-49-23-17-11-5)67-59-51-43-39-35-31-27-21-15-9-3)79-99-101(91,92)97-73-63-55-47-48-56-64-74-98-102(93,94)100-80-84(88-86(90)70-62-54-46-42-38-34-30-26-20-14-8-2)78-96-76-72-82(66-58-50-24-18-12-6)68-60-52-44-40-36-32-28-22-16-10-4/h81-84H,7-80H2,1-6H3,(H,87,89)(H,88,90)(H,91,92)(H,93,94)/t81-,82-,83?,84?/m0/s1. The van der Waals surface area contributed by atoms with Crippen LogP contribution in [0.2, 0.25) is 0 Å². The van der Waals surface area contributed by atoms with Gasteiger partial charge in [0.15, 0.2) is 0 Å². The summed E-state index contributed by atoms with van der Waals surface area (Å²) in [7, 11) is -8.81. The van der Waals surface area contributed by atoms with Crippen LogP contribution < -0.4 is 10.6 Å². The monoisotopic (exact) mass is 1490 g/mol. The van der Waals surface area contributed by atoms with Crippen LogP contribution in [0.25, 0.3) is 0 Å². The molecule has 0 spiro atoms. The van der Waals surface area contributed by atoms with Crippen LogP contribution in [-0.4, -0.2) is 86.5 Å². The van der Waals surface area contributed by atoms with Crippen molar-refractivity contribution >= 4 is 27.5 Å². The van der Waals surface area contributed by atoms with Crippen molar-refractivity contribution in [3.63, 3.8) is 0 Å². The molecule has 4 unspecified atom stereocenters. The molecule has 102 heavy (non-hydrogen) atoms. The Labute approximate surface area is 633 Å². The van der Waals surface area contributed by atoms with E-state index in [4.69, 9.17) is 27.6 Å². The van der Waals surface area contributed by atoms with Crippen LogP contribution in [0, 0.1) is 11.8 Å². The Kier molecular flexibility index (Phi) is 78.9. The van der Waals surface area contributed by atoms with Crippen molar-refractivity contribution in [2.24, 2.45) is 11.8 Å². The second kappa shape index (κ2) is 79.6. The number of unbranched alkanes of at least 4 members (excludes halogenated alkanes) is 51. The van der Waals surface area contributed by atoms with Gasteiger partial charge in [-0.2, -0.15) is 0 Å². The second-order valence-electron chi connectivity index (χ2n) is 31.2. The van der Waals surface area contributed by atoms with E-state index in [0.29, 0.717) is 50.7 Å². The van der Waals surface area contributed by atoms with Crippen molar-refractivity contribution in [1.29, 1.82) is 0 Å². The lowest BCUT2D eigenvalue weighted by Gasteiger charge is -2.22. The average molecular weight is 1490 g/mol. The maximum atomic E-state index is 13.3. The summed E-state index contributed by atoms with van der Waals surface area (Å²) >= 11 is 0. The maximum Gasteiger partial charge on any atom is 0.472 e. The first-order chi connectivity index (χ1) is 49.8. The summed E-state index contributed by atoms with van der Waals surface area (Å²) in [6.45, 7) is 14.9. The lowest BCUT2D eigenvalue weighted by molar-refractivity contribution is -0.123. The molecule has 0 aliphatic rings. The summed E-state index contributed by atoms with van der Waals surface area (Å²) in [5, 5.41) is 6.15. The van der Waals surface area contributed by atoms with Crippen molar-refractivity contribution in [3.8, 4) is 0 Å². The maximum absolute atomic E-state index is 13.3.